The molecule has 0 aliphatic carbocycles. The molecule has 0 saturated heterocycles. The summed E-state index contributed by atoms with van der Waals surface area (Å²) in [5, 5.41) is 7.80. The summed E-state index contributed by atoms with van der Waals surface area (Å²) in [5.41, 5.74) is 3.83. The third-order valence-electron chi connectivity index (χ3n) is 4.71. The molecule has 5 rings (SSSR count). The molecule has 0 spiro atoms. The van der Waals surface area contributed by atoms with Gasteiger partial charge in [0.15, 0.2) is 5.82 Å². The maximum absolute atomic E-state index is 5.30. The van der Waals surface area contributed by atoms with E-state index >= 15 is 0 Å². The molecule has 5 aromatic rings. The second-order valence-corrected chi connectivity index (χ2v) is 7.67. The second-order valence-electron chi connectivity index (χ2n) is 6.72. The van der Waals surface area contributed by atoms with Crippen molar-refractivity contribution in [3.8, 4) is 11.4 Å². The van der Waals surface area contributed by atoms with E-state index < -0.39 is 0 Å². The van der Waals surface area contributed by atoms with Crippen molar-refractivity contribution < 1.29 is 4.74 Å². The maximum Gasteiger partial charge on any atom is 0.163 e. The number of anilines is 2. The largest absolute Gasteiger partial charge is 0.380 e. The highest BCUT2D eigenvalue weighted by atomic mass is 32.1. The molecule has 29 heavy (non-hydrogen) atoms. The molecule has 0 saturated carbocycles. The zero-order valence-electron chi connectivity index (χ0n) is 15.8. The standard InChI is InChI=1S/C23H18N4OS/c1-28-14-15-4-7-20-19(11-15)23(27-22(26-20)17-3-2-9-24-13-17)25-18-6-5-16-8-10-29-21(16)12-18/h2-13H,14H2,1H3,(H,25,26,27). The minimum atomic E-state index is 0.543. The third-order valence-corrected chi connectivity index (χ3v) is 5.59. The summed E-state index contributed by atoms with van der Waals surface area (Å²) in [4.78, 5) is 13.8. The van der Waals surface area contributed by atoms with E-state index in [4.69, 9.17) is 14.7 Å². The molecule has 3 aromatic heterocycles. The Morgan fingerprint density at radius 3 is 2.86 bits per heavy atom. The van der Waals surface area contributed by atoms with E-state index in [9.17, 15) is 0 Å². The Labute approximate surface area is 172 Å². The summed E-state index contributed by atoms with van der Waals surface area (Å²) in [6, 6.07) is 18.5. The van der Waals surface area contributed by atoms with Gasteiger partial charge < -0.3 is 10.1 Å². The second kappa shape index (κ2) is 7.58. The van der Waals surface area contributed by atoms with Gasteiger partial charge in [0.2, 0.25) is 0 Å². The van der Waals surface area contributed by atoms with E-state index in [0.717, 1.165) is 33.5 Å². The Morgan fingerprint density at radius 2 is 2.00 bits per heavy atom. The number of fused-ring (bicyclic) bond motifs is 2. The van der Waals surface area contributed by atoms with Crippen LogP contribution in [0.25, 0.3) is 32.4 Å². The van der Waals surface area contributed by atoms with E-state index in [2.05, 4.69) is 46.0 Å². The van der Waals surface area contributed by atoms with Crippen molar-refractivity contribution in [1.82, 2.24) is 15.0 Å². The zero-order chi connectivity index (χ0) is 19.6. The molecule has 0 aliphatic rings. The van der Waals surface area contributed by atoms with Crippen molar-refractivity contribution in [2.24, 2.45) is 0 Å². The van der Waals surface area contributed by atoms with Crippen molar-refractivity contribution in [1.29, 1.82) is 0 Å². The number of benzene rings is 2. The highest BCUT2D eigenvalue weighted by molar-refractivity contribution is 7.17. The Bertz CT molecular complexity index is 1300. The Kier molecular flexibility index (Phi) is 4.63. The normalized spacial score (nSPS) is 11.2. The molecule has 2 aromatic carbocycles. The van der Waals surface area contributed by atoms with Gasteiger partial charge in [-0.15, -0.1) is 11.3 Å². The number of aromatic nitrogens is 3. The molecule has 0 fully saturated rings. The molecule has 3 heterocycles. The van der Waals surface area contributed by atoms with Crippen molar-refractivity contribution in [2.45, 2.75) is 6.61 Å². The van der Waals surface area contributed by atoms with Crippen LogP contribution in [0.1, 0.15) is 5.56 Å². The lowest BCUT2D eigenvalue weighted by atomic mass is 10.1. The fourth-order valence-electron chi connectivity index (χ4n) is 3.32. The number of nitrogens with one attached hydrogen (secondary N) is 1. The van der Waals surface area contributed by atoms with Gasteiger partial charge in [-0.3, -0.25) is 4.98 Å². The van der Waals surface area contributed by atoms with Gasteiger partial charge in [-0.25, -0.2) is 9.97 Å². The average Bonchev–Trinajstić information content (AvgIpc) is 3.23. The van der Waals surface area contributed by atoms with E-state index in [0.29, 0.717) is 12.4 Å². The number of rotatable bonds is 5. The molecule has 0 amide bonds. The van der Waals surface area contributed by atoms with Crippen LogP contribution < -0.4 is 5.32 Å². The molecule has 5 nitrogen and oxygen atoms in total. The quantitative estimate of drug-likeness (QED) is 0.406. The third kappa shape index (κ3) is 3.55. The van der Waals surface area contributed by atoms with Crippen LogP contribution in [-0.4, -0.2) is 22.1 Å². The molecule has 1 N–H and O–H groups in total. The maximum atomic E-state index is 5.30. The van der Waals surface area contributed by atoms with Crippen LogP contribution in [0.2, 0.25) is 0 Å². The molecular weight excluding hydrogens is 380 g/mol. The fourth-order valence-corrected chi connectivity index (χ4v) is 4.15. The molecule has 0 unspecified atom stereocenters. The van der Waals surface area contributed by atoms with Gasteiger partial charge in [0.1, 0.15) is 5.82 Å². The van der Waals surface area contributed by atoms with Crippen LogP contribution in [-0.2, 0) is 11.3 Å². The van der Waals surface area contributed by atoms with Gasteiger partial charge in [0, 0.05) is 40.8 Å². The number of thiophene rings is 1. The van der Waals surface area contributed by atoms with E-state index in [1.165, 1.54) is 10.1 Å². The Balaban J connectivity index is 1.65. The number of methoxy groups -OCH3 is 1. The van der Waals surface area contributed by atoms with Gasteiger partial charge in [0.05, 0.1) is 12.1 Å². The lowest BCUT2D eigenvalue weighted by Gasteiger charge is -2.12. The molecular formula is C23H18N4OS. The SMILES string of the molecule is COCc1ccc2nc(-c3cccnc3)nc(Nc3ccc4ccsc4c3)c2c1. The van der Waals surface area contributed by atoms with Gasteiger partial charge in [-0.05, 0) is 58.8 Å². The van der Waals surface area contributed by atoms with E-state index in [1.54, 1.807) is 30.8 Å². The highest BCUT2D eigenvalue weighted by Gasteiger charge is 2.11. The van der Waals surface area contributed by atoms with Crippen molar-refractivity contribution >= 4 is 43.8 Å². The minimum Gasteiger partial charge on any atom is -0.380 e. The first-order chi connectivity index (χ1) is 14.3. The lowest BCUT2D eigenvalue weighted by Crippen LogP contribution is -2.00. The van der Waals surface area contributed by atoms with Crippen molar-refractivity contribution in [2.75, 3.05) is 12.4 Å². The summed E-state index contributed by atoms with van der Waals surface area (Å²) in [7, 11) is 1.70. The van der Waals surface area contributed by atoms with Crippen LogP contribution in [0.5, 0.6) is 0 Å². The van der Waals surface area contributed by atoms with Crippen LogP contribution in [0.15, 0.2) is 72.4 Å². The monoisotopic (exact) mass is 398 g/mol. The van der Waals surface area contributed by atoms with Crippen molar-refractivity contribution in [3.05, 3.63) is 77.9 Å². The lowest BCUT2D eigenvalue weighted by molar-refractivity contribution is 0.185. The molecule has 142 valence electrons. The van der Waals surface area contributed by atoms with Gasteiger partial charge in [-0.1, -0.05) is 12.1 Å². The molecule has 0 aliphatic heterocycles. The van der Waals surface area contributed by atoms with Crippen LogP contribution >= 0.6 is 11.3 Å². The predicted octanol–water partition coefficient (Wildman–Crippen LogP) is 5.80. The first-order valence-corrected chi connectivity index (χ1v) is 10.1. The summed E-state index contributed by atoms with van der Waals surface area (Å²) in [6.07, 6.45) is 3.53. The molecule has 0 bridgehead atoms. The number of pyridine rings is 1. The number of hydrogen-bond donors (Lipinski definition) is 1. The summed E-state index contributed by atoms with van der Waals surface area (Å²) >= 11 is 1.73. The summed E-state index contributed by atoms with van der Waals surface area (Å²) in [6.45, 7) is 0.543. The average molecular weight is 398 g/mol. The van der Waals surface area contributed by atoms with Crippen LogP contribution in [0.3, 0.4) is 0 Å². The highest BCUT2D eigenvalue weighted by Crippen LogP contribution is 2.30. The smallest absolute Gasteiger partial charge is 0.163 e. The minimum absolute atomic E-state index is 0.543. The van der Waals surface area contributed by atoms with Crippen LogP contribution in [0.4, 0.5) is 11.5 Å². The first kappa shape index (κ1) is 17.7. The molecule has 0 radical (unpaired) electrons. The topological polar surface area (TPSA) is 59.9 Å². The Hall–Kier alpha value is -3.35. The van der Waals surface area contributed by atoms with E-state index in [-0.39, 0.29) is 0 Å². The zero-order valence-corrected chi connectivity index (χ0v) is 16.6. The summed E-state index contributed by atoms with van der Waals surface area (Å²) < 4.78 is 6.54. The molecule has 0 atom stereocenters. The fraction of sp³-hybridized carbons (Fsp3) is 0.0870. The van der Waals surface area contributed by atoms with Crippen LogP contribution in [0, 0.1) is 0 Å². The summed E-state index contributed by atoms with van der Waals surface area (Å²) in [5.74, 6) is 1.41. The van der Waals surface area contributed by atoms with Gasteiger partial charge in [0.25, 0.3) is 0 Å². The van der Waals surface area contributed by atoms with Crippen molar-refractivity contribution in [3.63, 3.8) is 0 Å². The number of ether oxygens (including phenoxy) is 1. The number of hydrogen-bond acceptors (Lipinski definition) is 6. The number of nitrogens with zero attached hydrogens (tertiary/aromatic N) is 3. The first-order valence-electron chi connectivity index (χ1n) is 9.24. The van der Waals surface area contributed by atoms with Gasteiger partial charge in [-0.2, -0.15) is 0 Å². The van der Waals surface area contributed by atoms with Gasteiger partial charge >= 0.3 is 0 Å². The Morgan fingerprint density at radius 1 is 1.03 bits per heavy atom. The molecule has 6 heteroatoms. The predicted molar refractivity (Wildman–Crippen MR) is 119 cm³/mol. The van der Waals surface area contributed by atoms with E-state index in [1.807, 2.05) is 24.3 Å².